The Labute approximate surface area is 115 Å². The number of hydrogen-bond acceptors (Lipinski definition) is 5. The number of methoxy groups -OCH3 is 1. The van der Waals surface area contributed by atoms with Crippen LogP contribution in [0.3, 0.4) is 0 Å². The van der Waals surface area contributed by atoms with Gasteiger partial charge in [0.15, 0.2) is 6.04 Å². The first kappa shape index (κ1) is 13.9. The minimum atomic E-state index is -0.796. The van der Waals surface area contributed by atoms with Gasteiger partial charge in [-0.1, -0.05) is 30.3 Å². The van der Waals surface area contributed by atoms with Gasteiger partial charge in [-0.15, -0.1) is 0 Å². The molecule has 7 heteroatoms. The fraction of sp³-hybridized carbons (Fsp3) is 0.308. The standard InChI is InChI=1S/C13H14N2O5/c1-19-12(17)10-7-11(16)15(10)14-13(18)20-8-9-5-3-2-4-6-9/h2-6,10H,7-8H2,1H3,(H,14,18). The number of hydrazine groups is 1. The lowest BCUT2D eigenvalue weighted by atomic mass is 10.1. The summed E-state index contributed by atoms with van der Waals surface area (Å²) in [4.78, 5) is 34.2. The molecule has 2 amide bonds. The van der Waals surface area contributed by atoms with Crippen LogP contribution in [0.2, 0.25) is 0 Å². The summed E-state index contributed by atoms with van der Waals surface area (Å²) in [5, 5.41) is 0.916. The van der Waals surface area contributed by atoms with Gasteiger partial charge < -0.3 is 9.47 Å². The number of hydrogen-bond donors (Lipinski definition) is 1. The number of benzene rings is 1. The van der Waals surface area contributed by atoms with E-state index < -0.39 is 18.1 Å². The highest BCUT2D eigenvalue weighted by Crippen LogP contribution is 2.17. The molecule has 7 nitrogen and oxygen atoms in total. The van der Waals surface area contributed by atoms with Crippen LogP contribution in [-0.4, -0.2) is 36.1 Å². The monoisotopic (exact) mass is 278 g/mol. The predicted octanol–water partition coefficient (Wildman–Crippen LogP) is 0.602. The van der Waals surface area contributed by atoms with Crippen LogP contribution in [0, 0.1) is 0 Å². The Morgan fingerprint density at radius 2 is 2.05 bits per heavy atom. The van der Waals surface area contributed by atoms with Crippen molar-refractivity contribution in [1.82, 2.24) is 10.4 Å². The van der Waals surface area contributed by atoms with Crippen molar-refractivity contribution in [2.24, 2.45) is 0 Å². The number of esters is 1. The molecule has 106 valence electrons. The van der Waals surface area contributed by atoms with Gasteiger partial charge >= 0.3 is 12.1 Å². The van der Waals surface area contributed by atoms with Gasteiger partial charge in [0.05, 0.1) is 13.5 Å². The van der Waals surface area contributed by atoms with Crippen LogP contribution >= 0.6 is 0 Å². The molecular weight excluding hydrogens is 264 g/mol. The van der Waals surface area contributed by atoms with E-state index in [9.17, 15) is 14.4 Å². The summed E-state index contributed by atoms with van der Waals surface area (Å²) in [5.74, 6) is -0.940. The highest BCUT2D eigenvalue weighted by molar-refractivity contribution is 5.95. The van der Waals surface area contributed by atoms with Gasteiger partial charge in [-0.05, 0) is 5.56 Å². The Hall–Kier alpha value is -2.57. The van der Waals surface area contributed by atoms with E-state index in [4.69, 9.17) is 4.74 Å². The average Bonchev–Trinajstić information content (AvgIpc) is 2.48. The van der Waals surface area contributed by atoms with Crippen LogP contribution in [0.1, 0.15) is 12.0 Å². The largest absolute Gasteiger partial charge is 0.467 e. The molecule has 0 radical (unpaired) electrons. The summed E-state index contributed by atoms with van der Waals surface area (Å²) in [6.45, 7) is 0.0809. The second kappa shape index (κ2) is 6.05. The third-order valence-corrected chi connectivity index (χ3v) is 2.85. The van der Waals surface area contributed by atoms with E-state index >= 15 is 0 Å². The maximum atomic E-state index is 11.5. The molecule has 0 aromatic heterocycles. The molecule has 0 spiro atoms. The van der Waals surface area contributed by atoms with Gasteiger partial charge in [0.2, 0.25) is 5.91 Å². The number of carbonyl (C=O) groups is 3. The van der Waals surface area contributed by atoms with Crippen molar-refractivity contribution in [2.45, 2.75) is 19.1 Å². The highest BCUT2D eigenvalue weighted by atomic mass is 16.6. The molecule has 1 unspecified atom stereocenters. The Bertz CT molecular complexity index is 517. The second-order valence-electron chi connectivity index (χ2n) is 4.18. The lowest BCUT2D eigenvalue weighted by Crippen LogP contribution is -2.64. The lowest BCUT2D eigenvalue weighted by molar-refractivity contribution is -0.167. The molecule has 1 saturated heterocycles. The quantitative estimate of drug-likeness (QED) is 0.644. The van der Waals surface area contributed by atoms with Crippen molar-refractivity contribution in [3.63, 3.8) is 0 Å². The maximum absolute atomic E-state index is 11.5. The van der Waals surface area contributed by atoms with E-state index in [-0.39, 0.29) is 18.9 Å². The van der Waals surface area contributed by atoms with Crippen LogP contribution < -0.4 is 5.43 Å². The average molecular weight is 278 g/mol. The molecule has 1 aliphatic heterocycles. The molecule has 1 heterocycles. The normalized spacial score (nSPS) is 17.1. The summed E-state index contributed by atoms with van der Waals surface area (Å²) in [6.07, 6.45) is -0.776. The van der Waals surface area contributed by atoms with E-state index in [0.29, 0.717) is 0 Å². The van der Waals surface area contributed by atoms with Gasteiger partial charge in [-0.3, -0.25) is 4.79 Å². The molecule has 0 aliphatic carbocycles. The first-order valence-electron chi connectivity index (χ1n) is 5.99. The summed E-state index contributed by atoms with van der Waals surface area (Å²) >= 11 is 0. The van der Waals surface area contributed by atoms with Crippen molar-refractivity contribution in [3.8, 4) is 0 Å². The Kier molecular flexibility index (Phi) is 4.19. The number of nitrogens with one attached hydrogen (secondary N) is 1. The van der Waals surface area contributed by atoms with Gasteiger partial charge in [0, 0.05) is 0 Å². The first-order chi connectivity index (χ1) is 9.61. The van der Waals surface area contributed by atoms with E-state index in [1.165, 1.54) is 7.11 Å². The summed E-state index contributed by atoms with van der Waals surface area (Å²) in [5.41, 5.74) is 3.04. The van der Waals surface area contributed by atoms with Gasteiger partial charge in [0.25, 0.3) is 0 Å². The Morgan fingerprint density at radius 1 is 1.35 bits per heavy atom. The van der Waals surface area contributed by atoms with Crippen molar-refractivity contribution in [1.29, 1.82) is 0 Å². The molecule has 20 heavy (non-hydrogen) atoms. The van der Waals surface area contributed by atoms with Crippen molar-refractivity contribution in [2.75, 3.05) is 7.11 Å². The smallest absolute Gasteiger partial charge is 0.426 e. The Morgan fingerprint density at radius 3 is 2.65 bits per heavy atom. The van der Waals surface area contributed by atoms with E-state index in [1.807, 2.05) is 18.2 Å². The van der Waals surface area contributed by atoms with Gasteiger partial charge in [-0.2, -0.15) is 0 Å². The maximum Gasteiger partial charge on any atom is 0.426 e. The fourth-order valence-corrected chi connectivity index (χ4v) is 1.74. The molecule has 1 aromatic carbocycles. The number of ether oxygens (including phenoxy) is 2. The molecule has 1 fully saturated rings. The van der Waals surface area contributed by atoms with Crippen LogP contribution in [-0.2, 0) is 25.7 Å². The van der Waals surface area contributed by atoms with Crippen LogP contribution in [0.4, 0.5) is 4.79 Å². The fourth-order valence-electron chi connectivity index (χ4n) is 1.74. The van der Waals surface area contributed by atoms with Crippen molar-refractivity contribution < 1.29 is 23.9 Å². The van der Waals surface area contributed by atoms with E-state index in [2.05, 4.69) is 10.2 Å². The SMILES string of the molecule is COC(=O)C1CC(=O)N1NC(=O)OCc1ccccc1. The van der Waals surface area contributed by atoms with Crippen molar-refractivity contribution in [3.05, 3.63) is 35.9 Å². The zero-order valence-electron chi connectivity index (χ0n) is 10.9. The van der Waals surface area contributed by atoms with Crippen molar-refractivity contribution >= 4 is 18.0 Å². The molecule has 1 aromatic rings. The number of carbonyl (C=O) groups excluding carboxylic acids is 3. The minimum Gasteiger partial charge on any atom is -0.467 e. The molecule has 0 bridgehead atoms. The van der Waals surface area contributed by atoms with E-state index in [1.54, 1.807) is 12.1 Å². The topological polar surface area (TPSA) is 84.9 Å². The lowest BCUT2D eigenvalue weighted by Gasteiger charge is -2.37. The highest BCUT2D eigenvalue weighted by Gasteiger charge is 2.43. The third kappa shape index (κ3) is 3.05. The number of rotatable bonds is 4. The zero-order chi connectivity index (χ0) is 14.5. The van der Waals surface area contributed by atoms with Gasteiger partial charge in [-0.25, -0.2) is 20.0 Å². The molecule has 0 saturated carbocycles. The number of nitrogens with zero attached hydrogens (tertiary/aromatic N) is 1. The zero-order valence-corrected chi connectivity index (χ0v) is 10.9. The minimum absolute atomic E-state index is 0.0195. The second-order valence-corrected chi connectivity index (χ2v) is 4.18. The van der Waals surface area contributed by atoms with Crippen LogP contribution in [0.15, 0.2) is 30.3 Å². The Balaban J connectivity index is 1.82. The van der Waals surface area contributed by atoms with Crippen LogP contribution in [0.25, 0.3) is 0 Å². The summed E-state index contributed by atoms with van der Waals surface area (Å²) in [6, 6.07) is 8.32. The first-order valence-corrected chi connectivity index (χ1v) is 5.99. The number of amides is 2. The molecule has 1 atom stereocenters. The molecule has 1 aliphatic rings. The van der Waals surface area contributed by atoms with Gasteiger partial charge in [0.1, 0.15) is 6.61 Å². The van der Waals surface area contributed by atoms with Crippen LogP contribution in [0.5, 0.6) is 0 Å². The van der Waals surface area contributed by atoms with E-state index in [0.717, 1.165) is 10.6 Å². The molecule has 1 N–H and O–H groups in total. The predicted molar refractivity (Wildman–Crippen MR) is 67.0 cm³/mol. The summed E-state index contributed by atoms with van der Waals surface area (Å²) < 4.78 is 9.47. The summed E-state index contributed by atoms with van der Waals surface area (Å²) in [7, 11) is 1.22. The molecular formula is C13H14N2O5. The number of β-lactam (4-membered cyclic amide) rings is 1. The molecule has 2 rings (SSSR count). The third-order valence-electron chi connectivity index (χ3n) is 2.85.